The topological polar surface area (TPSA) is 58.3 Å². The number of hydrogen-bond acceptors (Lipinski definition) is 5. The van der Waals surface area contributed by atoms with E-state index in [9.17, 15) is 0 Å². The van der Waals surface area contributed by atoms with Crippen molar-refractivity contribution in [2.75, 3.05) is 32.9 Å². The highest BCUT2D eigenvalue weighted by Gasteiger charge is 2.03. The van der Waals surface area contributed by atoms with Crippen molar-refractivity contribution in [3.63, 3.8) is 0 Å². The molecule has 144 valence electrons. The van der Waals surface area contributed by atoms with E-state index in [-0.39, 0.29) is 0 Å². The molecule has 8 heteroatoms. The number of thioether (sulfide) groups is 1. The third-order valence-electron chi connectivity index (χ3n) is 3.75. The van der Waals surface area contributed by atoms with Crippen LogP contribution >= 0.6 is 24.0 Å². The maximum absolute atomic E-state index is 5.80. The lowest BCUT2D eigenvalue weighted by Gasteiger charge is -2.11. The molecule has 2 heterocycles. The summed E-state index contributed by atoms with van der Waals surface area (Å²) in [6.07, 6.45) is 4.76. The van der Waals surface area contributed by atoms with Gasteiger partial charge in [-0.25, -0.2) is 4.98 Å². The van der Waals surface area contributed by atoms with Crippen LogP contribution < -0.4 is 10.6 Å². The fraction of sp³-hybridized carbons (Fsp3) is 0.556. The minimum atomic E-state index is 0.722. The summed E-state index contributed by atoms with van der Waals surface area (Å²) in [7, 11) is 4.08. The van der Waals surface area contributed by atoms with Crippen molar-refractivity contribution in [3.05, 3.63) is 41.9 Å². The first-order valence-corrected chi connectivity index (χ1v) is 10.4. The molecule has 0 unspecified atom stereocenters. The number of imidazole rings is 1. The minimum absolute atomic E-state index is 0.722. The zero-order chi connectivity index (χ0) is 18.8. The Balaban J connectivity index is 1.48. The average Bonchev–Trinajstić information content (AvgIpc) is 3.20. The molecule has 2 aromatic rings. The van der Waals surface area contributed by atoms with Crippen molar-refractivity contribution < 1.29 is 4.42 Å². The molecule has 6 nitrogen and oxygen atoms in total. The van der Waals surface area contributed by atoms with Crippen LogP contribution in [0.3, 0.4) is 0 Å². The van der Waals surface area contributed by atoms with Crippen LogP contribution in [-0.4, -0.2) is 52.5 Å². The van der Waals surface area contributed by atoms with E-state index in [1.54, 1.807) is 0 Å². The van der Waals surface area contributed by atoms with Crippen molar-refractivity contribution in [1.29, 1.82) is 0 Å². The zero-order valence-corrected chi connectivity index (χ0v) is 17.5. The van der Waals surface area contributed by atoms with Gasteiger partial charge in [0.1, 0.15) is 11.5 Å². The summed E-state index contributed by atoms with van der Waals surface area (Å²) in [4.78, 5) is 6.22. The maximum atomic E-state index is 5.80. The van der Waals surface area contributed by atoms with Crippen molar-refractivity contribution in [2.45, 2.75) is 32.2 Å². The van der Waals surface area contributed by atoms with Crippen LogP contribution in [0.15, 0.2) is 29.1 Å². The Kier molecular flexibility index (Phi) is 9.00. The van der Waals surface area contributed by atoms with Crippen LogP contribution in [0.25, 0.3) is 0 Å². The Morgan fingerprint density at radius 2 is 2.04 bits per heavy atom. The summed E-state index contributed by atoms with van der Waals surface area (Å²) in [6.45, 7) is 5.57. The Morgan fingerprint density at radius 1 is 1.27 bits per heavy atom. The van der Waals surface area contributed by atoms with Crippen LogP contribution in [0, 0.1) is 6.92 Å². The Bertz CT molecular complexity index is 668. The van der Waals surface area contributed by atoms with Crippen LogP contribution in [0.1, 0.15) is 23.6 Å². The standard InChI is InChI=1S/C18H29N5OS2/c1-15-11-19-14-23(15)9-4-7-20-18(25)21-8-10-26-13-17-6-5-16(24-17)12-22(2)3/h5-6,11,14H,4,7-10,12-13H2,1-3H3,(H2,20,21,25). The van der Waals surface area contributed by atoms with Gasteiger partial charge in [-0.1, -0.05) is 0 Å². The molecule has 0 saturated carbocycles. The van der Waals surface area contributed by atoms with Crippen molar-refractivity contribution in [2.24, 2.45) is 0 Å². The Hall–Kier alpha value is -1.51. The van der Waals surface area contributed by atoms with E-state index >= 15 is 0 Å². The SMILES string of the molecule is Cc1cncn1CCCNC(=S)NCCSCc1ccc(CN(C)C)o1. The van der Waals surface area contributed by atoms with Crippen LogP contribution in [0.2, 0.25) is 0 Å². The Morgan fingerprint density at radius 3 is 2.77 bits per heavy atom. The molecule has 2 aromatic heterocycles. The van der Waals surface area contributed by atoms with Gasteiger partial charge in [0, 0.05) is 37.3 Å². The summed E-state index contributed by atoms with van der Waals surface area (Å²) in [6, 6.07) is 4.12. The van der Waals surface area contributed by atoms with Crippen molar-refractivity contribution >= 4 is 29.1 Å². The summed E-state index contributed by atoms with van der Waals surface area (Å²) >= 11 is 7.15. The molecule has 0 aliphatic carbocycles. The molecule has 2 rings (SSSR count). The number of aryl methyl sites for hydroxylation is 2. The maximum Gasteiger partial charge on any atom is 0.166 e. The average molecular weight is 396 g/mol. The van der Waals surface area contributed by atoms with Crippen LogP contribution in [-0.2, 0) is 18.8 Å². The lowest BCUT2D eigenvalue weighted by molar-refractivity contribution is 0.344. The van der Waals surface area contributed by atoms with Gasteiger partial charge < -0.3 is 24.5 Å². The largest absolute Gasteiger partial charge is 0.464 e. The molecule has 0 spiro atoms. The van der Waals surface area contributed by atoms with E-state index in [0.29, 0.717) is 0 Å². The minimum Gasteiger partial charge on any atom is -0.464 e. The van der Waals surface area contributed by atoms with Gasteiger partial charge in [-0.15, -0.1) is 0 Å². The van der Waals surface area contributed by atoms with Gasteiger partial charge >= 0.3 is 0 Å². The molecule has 0 radical (unpaired) electrons. The number of thiocarbonyl (C=S) groups is 1. The van der Waals surface area contributed by atoms with Gasteiger partial charge in [0.15, 0.2) is 5.11 Å². The molecular formula is C18H29N5OS2. The number of aromatic nitrogens is 2. The number of nitrogens with one attached hydrogen (secondary N) is 2. The highest BCUT2D eigenvalue weighted by molar-refractivity contribution is 7.98. The van der Waals surface area contributed by atoms with E-state index in [1.165, 1.54) is 5.69 Å². The zero-order valence-electron chi connectivity index (χ0n) is 15.8. The molecule has 0 atom stereocenters. The fourth-order valence-corrected chi connectivity index (χ4v) is 3.39. The van der Waals surface area contributed by atoms with Gasteiger partial charge in [-0.05, 0) is 51.8 Å². The summed E-state index contributed by atoms with van der Waals surface area (Å²) < 4.78 is 7.95. The normalized spacial score (nSPS) is 11.1. The molecule has 2 N–H and O–H groups in total. The predicted molar refractivity (Wildman–Crippen MR) is 112 cm³/mol. The van der Waals surface area contributed by atoms with E-state index in [2.05, 4.69) is 44.1 Å². The molecule has 0 aliphatic heterocycles. The van der Waals surface area contributed by atoms with Gasteiger partial charge in [0.25, 0.3) is 0 Å². The highest BCUT2D eigenvalue weighted by Crippen LogP contribution is 2.15. The lowest BCUT2D eigenvalue weighted by Crippen LogP contribution is -2.37. The lowest BCUT2D eigenvalue weighted by atomic mass is 10.4. The van der Waals surface area contributed by atoms with Gasteiger partial charge in [-0.2, -0.15) is 11.8 Å². The second kappa shape index (κ2) is 11.3. The number of nitrogens with zero attached hydrogens (tertiary/aromatic N) is 3. The second-order valence-corrected chi connectivity index (χ2v) is 7.94. The van der Waals surface area contributed by atoms with E-state index in [0.717, 1.165) is 60.7 Å². The molecule has 0 aliphatic rings. The predicted octanol–water partition coefficient (Wildman–Crippen LogP) is 2.63. The highest BCUT2D eigenvalue weighted by atomic mass is 32.2. The summed E-state index contributed by atoms with van der Waals surface area (Å²) in [5.41, 5.74) is 1.19. The van der Waals surface area contributed by atoms with E-state index in [4.69, 9.17) is 16.6 Å². The van der Waals surface area contributed by atoms with Gasteiger partial charge in [0.2, 0.25) is 0 Å². The smallest absolute Gasteiger partial charge is 0.166 e. The first-order chi connectivity index (χ1) is 12.5. The van der Waals surface area contributed by atoms with Crippen LogP contribution in [0.5, 0.6) is 0 Å². The third-order valence-corrected chi connectivity index (χ3v) is 5.02. The van der Waals surface area contributed by atoms with Crippen molar-refractivity contribution in [3.8, 4) is 0 Å². The molecular weight excluding hydrogens is 366 g/mol. The van der Waals surface area contributed by atoms with Gasteiger partial charge in [0.05, 0.1) is 18.6 Å². The monoisotopic (exact) mass is 395 g/mol. The number of furan rings is 1. The molecule has 0 bridgehead atoms. The van der Waals surface area contributed by atoms with Gasteiger partial charge in [-0.3, -0.25) is 0 Å². The molecule has 0 fully saturated rings. The number of hydrogen-bond donors (Lipinski definition) is 2. The second-order valence-electron chi connectivity index (χ2n) is 6.42. The fourth-order valence-electron chi connectivity index (χ4n) is 2.44. The van der Waals surface area contributed by atoms with E-state index < -0.39 is 0 Å². The quantitative estimate of drug-likeness (QED) is 0.448. The number of rotatable bonds is 11. The summed E-state index contributed by atoms with van der Waals surface area (Å²) in [5.74, 6) is 3.92. The van der Waals surface area contributed by atoms with Crippen LogP contribution in [0.4, 0.5) is 0 Å². The first-order valence-electron chi connectivity index (χ1n) is 8.83. The van der Waals surface area contributed by atoms with E-state index in [1.807, 2.05) is 38.4 Å². The third kappa shape index (κ3) is 7.80. The molecule has 26 heavy (non-hydrogen) atoms. The summed E-state index contributed by atoms with van der Waals surface area (Å²) in [5, 5.41) is 7.22. The molecule has 0 amide bonds. The molecule has 0 saturated heterocycles. The Labute approximate surface area is 165 Å². The first kappa shape index (κ1) is 20.8. The van der Waals surface area contributed by atoms with Crippen molar-refractivity contribution in [1.82, 2.24) is 25.1 Å². The molecule has 0 aromatic carbocycles.